The number of hydrogen-bond donors (Lipinski definition) is 2. The SMILES string of the molecule is C[C@]1(O)CC[C@@]2(C)C(=CC[C@H]3[C@@H]4CC[C@H](CCCC(O)C(F)(F)F)[C@@]4(C)CC[C@@H]32)C1. The highest BCUT2D eigenvalue weighted by atomic mass is 19.4. The third-order valence-electron chi connectivity index (χ3n) is 9.98. The molecule has 0 bridgehead atoms. The predicted molar refractivity (Wildman–Crippen MR) is 112 cm³/mol. The Balaban J connectivity index is 1.44. The Morgan fingerprint density at radius 2 is 1.80 bits per heavy atom. The highest BCUT2D eigenvalue weighted by Crippen LogP contribution is 2.67. The van der Waals surface area contributed by atoms with E-state index in [4.69, 9.17) is 0 Å². The average molecular weight is 429 g/mol. The van der Waals surface area contributed by atoms with Crippen molar-refractivity contribution in [2.45, 2.75) is 109 Å². The van der Waals surface area contributed by atoms with Gasteiger partial charge >= 0.3 is 6.18 Å². The molecule has 3 saturated carbocycles. The van der Waals surface area contributed by atoms with Crippen molar-refractivity contribution in [3.8, 4) is 0 Å². The molecule has 0 heterocycles. The topological polar surface area (TPSA) is 40.5 Å². The first kappa shape index (κ1) is 22.6. The third-order valence-corrected chi connectivity index (χ3v) is 9.98. The molecule has 4 rings (SSSR count). The molecule has 172 valence electrons. The van der Waals surface area contributed by atoms with Gasteiger partial charge in [0, 0.05) is 0 Å². The molecule has 0 aromatic heterocycles. The largest absolute Gasteiger partial charge is 0.414 e. The van der Waals surface area contributed by atoms with Crippen LogP contribution in [0.1, 0.15) is 91.4 Å². The van der Waals surface area contributed by atoms with Crippen molar-refractivity contribution in [2.75, 3.05) is 0 Å². The highest BCUT2D eigenvalue weighted by Gasteiger charge is 2.58. The van der Waals surface area contributed by atoms with Crippen molar-refractivity contribution in [1.29, 1.82) is 0 Å². The number of fused-ring (bicyclic) bond motifs is 5. The molecule has 0 saturated heterocycles. The van der Waals surface area contributed by atoms with Gasteiger partial charge in [-0.25, -0.2) is 0 Å². The maximum Gasteiger partial charge on any atom is 0.414 e. The number of allylic oxidation sites excluding steroid dienone is 1. The molecule has 0 aliphatic heterocycles. The number of aliphatic hydroxyl groups excluding tert-OH is 1. The van der Waals surface area contributed by atoms with Crippen LogP contribution in [-0.2, 0) is 0 Å². The summed E-state index contributed by atoms with van der Waals surface area (Å²) in [5.74, 6) is 2.49. The number of hydrogen-bond acceptors (Lipinski definition) is 2. The molecular weight excluding hydrogens is 389 g/mol. The van der Waals surface area contributed by atoms with Crippen LogP contribution in [0.2, 0.25) is 0 Å². The Morgan fingerprint density at radius 1 is 1.07 bits per heavy atom. The van der Waals surface area contributed by atoms with E-state index in [1.807, 2.05) is 6.92 Å². The monoisotopic (exact) mass is 428 g/mol. The second-order valence-corrected chi connectivity index (χ2v) is 11.7. The summed E-state index contributed by atoms with van der Waals surface area (Å²) in [6.45, 7) is 6.80. The lowest BCUT2D eigenvalue weighted by atomic mass is 9.46. The van der Waals surface area contributed by atoms with Gasteiger partial charge in [0.15, 0.2) is 0 Å². The van der Waals surface area contributed by atoms with Crippen LogP contribution in [0.4, 0.5) is 13.2 Å². The van der Waals surface area contributed by atoms with Crippen LogP contribution in [0, 0.1) is 34.5 Å². The summed E-state index contributed by atoms with van der Waals surface area (Å²) in [7, 11) is 0. The van der Waals surface area contributed by atoms with Gasteiger partial charge in [-0.3, -0.25) is 0 Å². The van der Waals surface area contributed by atoms with Gasteiger partial charge in [-0.15, -0.1) is 0 Å². The summed E-state index contributed by atoms with van der Waals surface area (Å²) in [5, 5.41) is 19.9. The van der Waals surface area contributed by atoms with E-state index in [1.54, 1.807) is 0 Å². The number of halogens is 3. The van der Waals surface area contributed by atoms with Crippen LogP contribution >= 0.6 is 0 Å². The normalized spacial score (nSPS) is 47.1. The minimum absolute atomic E-state index is 0.170. The first-order valence-electron chi connectivity index (χ1n) is 12.0. The lowest BCUT2D eigenvalue weighted by Gasteiger charge is -2.59. The van der Waals surface area contributed by atoms with E-state index in [0.717, 1.165) is 38.5 Å². The summed E-state index contributed by atoms with van der Waals surface area (Å²) >= 11 is 0. The molecule has 8 atom stereocenters. The van der Waals surface area contributed by atoms with Gasteiger partial charge in [0.05, 0.1) is 5.60 Å². The van der Waals surface area contributed by atoms with E-state index in [0.29, 0.717) is 30.1 Å². The standard InChI is InChI=1S/C25H39F3O2/c1-22(30)13-14-24(3)17(15-22)7-9-18-19-10-8-16(23(19,2)12-11-20(18)24)5-4-6-21(29)25(26,27)28/h7,16,18-21,29-30H,4-6,8-15H2,1-3H3/t16-,18-,19-,20-,21?,22-,23+,24-/m0/s1. The molecule has 0 amide bonds. The molecule has 3 fully saturated rings. The summed E-state index contributed by atoms with van der Waals surface area (Å²) in [5.41, 5.74) is 1.34. The molecule has 4 aliphatic carbocycles. The van der Waals surface area contributed by atoms with E-state index in [-0.39, 0.29) is 17.3 Å². The maximum absolute atomic E-state index is 12.6. The highest BCUT2D eigenvalue weighted by molar-refractivity contribution is 5.26. The average Bonchev–Trinajstić information content (AvgIpc) is 2.98. The van der Waals surface area contributed by atoms with Crippen LogP contribution in [0.5, 0.6) is 0 Å². The smallest absolute Gasteiger partial charge is 0.390 e. The molecule has 5 heteroatoms. The fourth-order valence-corrected chi connectivity index (χ4v) is 8.11. The van der Waals surface area contributed by atoms with Crippen molar-refractivity contribution in [1.82, 2.24) is 0 Å². The second-order valence-electron chi connectivity index (χ2n) is 11.7. The van der Waals surface area contributed by atoms with E-state index < -0.39 is 17.9 Å². The Kier molecular flexibility index (Phi) is 5.66. The Hall–Kier alpha value is -0.550. The predicted octanol–water partition coefficient (Wildman–Crippen LogP) is 6.41. The van der Waals surface area contributed by atoms with Crippen molar-refractivity contribution in [3.63, 3.8) is 0 Å². The molecule has 0 radical (unpaired) electrons. The number of rotatable bonds is 4. The molecular formula is C25H39F3O2. The van der Waals surface area contributed by atoms with Gasteiger partial charge < -0.3 is 10.2 Å². The minimum atomic E-state index is -4.49. The van der Waals surface area contributed by atoms with Crippen molar-refractivity contribution in [2.24, 2.45) is 34.5 Å². The Labute approximate surface area is 179 Å². The zero-order valence-electron chi connectivity index (χ0n) is 18.8. The Bertz CT molecular complexity index is 684. The molecule has 2 N–H and O–H groups in total. The van der Waals surface area contributed by atoms with E-state index >= 15 is 0 Å². The van der Waals surface area contributed by atoms with Gasteiger partial charge in [0.1, 0.15) is 6.10 Å². The maximum atomic E-state index is 12.6. The van der Waals surface area contributed by atoms with Crippen molar-refractivity contribution >= 4 is 0 Å². The molecule has 1 unspecified atom stereocenters. The quantitative estimate of drug-likeness (QED) is 0.508. The summed E-state index contributed by atoms with van der Waals surface area (Å²) in [6.07, 6.45) is 5.39. The zero-order valence-corrected chi connectivity index (χ0v) is 18.8. The van der Waals surface area contributed by atoms with E-state index in [1.165, 1.54) is 24.8 Å². The van der Waals surface area contributed by atoms with Gasteiger partial charge in [-0.05, 0) is 106 Å². The summed E-state index contributed by atoms with van der Waals surface area (Å²) < 4.78 is 37.9. The van der Waals surface area contributed by atoms with Crippen molar-refractivity contribution < 1.29 is 23.4 Å². The minimum Gasteiger partial charge on any atom is -0.390 e. The molecule has 0 aromatic rings. The first-order valence-corrected chi connectivity index (χ1v) is 12.0. The van der Waals surface area contributed by atoms with Crippen LogP contribution in [0.15, 0.2) is 11.6 Å². The van der Waals surface area contributed by atoms with Crippen LogP contribution in [-0.4, -0.2) is 28.1 Å². The second kappa shape index (κ2) is 7.50. The molecule has 30 heavy (non-hydrogen) atoms. The first-order chi connectivity index (χ1) is 13.9. The molecule has 0 spiro atoms. The summed E-state index contributed by atoms with van der Waals surface area (Å²) in [4.78, 5) is 0. The van der Waals surface area contributed by atoms with E-state index in [9.17, 15) is 23.4 Å². The van der Waals surface area contributed by atoms with Crippen molar-refractivity contribution in [3.05, 3.63) is 11.6 Å². The lowest BCUT2D eigenvalue weighted by molar-refractivity contribution is -0.205. The van der Waals surface area contributed by atoms with Gasteiger partial charge in [0.2, 0.25) is 0 Å². The third kappa shape index (κ3) is 3.76. The Morgan fingerprint density at radius 3 is 2.50 bits per heavy atom. The number of aliphatic hydroxyl groups is 2. The molecule has 4 aliphatic rings. The fraction of sp³-hybridized carbons (Fsp3) is 0.920. The van der Waals surface area contributed by atoms with Crippen LogP contribution < -0.4 is 0 Å². The molecule has 0 aromatic carbocycles. The van der Waals surface area contributed by atoms with Gasteiger partial charge in [-0.1, -0.05) is 31.9 Å². The fourth-order valence-electron chi connectivity index (χ4n) is 8.11. The van der Waals surface area contributed by atoms with Gasteiger partial charge in [-0.2, -0.15) is 13.2 Å². The van der Waals surface area contributed by atoms with Gasteiger partial charge in [0.25, 0.3) is 0 Å². The zero-order chi connectivity index (χ0) is 21.9. The molecule has 2 nitrogen and oxygen atoms in total. The van der Waals surface area contributed by atoms with Crippen LogP contribution in [0.3, 0.4) is 0 Å². The number of alkyl halides is 3. The lowest BCUT2D eigenvalue weighted by Crippen LogP contribution is -2.51. The van der Waals surface area contributed by atoms with E-state index in [2.05, 4.69) is 19.9 Å². The van der Waals surface area contributed by atoms with Crippen LogP contribution in [0.25, 0.3) is 0 Å². The summed E-state index contributed by atoms with van der Waals surface area (Å²) in [6, 6.07) is 0.